The molecule has 2 aromatic carbocycles. The Morgan fingerprint density at radius 2 is 1.79 bits per heavy atom. The fourth-order valence-corrected chi connectivity index (χ4v) is 5.35. The molecule has 0 saturated carbocycles. The van der Waals surface area contributed by atoms with Crippen molar-refractivity contribution in [2.24, 2.45) is 0 Å². The van der Waals surface area contributed by atoms with Gasteiger partial charge in [0.25, 0.3) is 0 Å². The number of hydrogen-bond acceptors (Lipinski definition) is 3. The zero-order valence-electron chi connectivity index (χ0n) is 22.2. The highest BCUT2D eigenvalue weighted by molar-refractivity contribution is 7.80. The van der Waals surface area contributed by atoms with E-state index in [9.17, 15) is 4.79 Å². The molecule has 1 aliphatic rings. The Morgan fingerprint density at radius 1 is 0.974 bits per heavy atom. The van der Waals surface area contributed by atoms with Gasteiger partial charge in [0.2, 0.25) is 5.91 Å². The summed E-state index contributed by atoms with van der Waals surface area (Å²) in [5.41, 5.74) is 8.60. The van der Waals surface area contributed by atoms with Crippen molar-refractivity contribution >= 4 is 28.9 Å². The van der Waals surface area contributed by atoms with Gasteiger partial charge in [0.15, 0.2) is 5.11 Å². The molecule has 6 nitrogen and oxygen atoms in total. The molecule has 1 aliphatic heterocycles. The summed E-state index contributed by atoms with van der Waals surface area (Å²) in [5.74, 6) is -0.0360. The second-order valence-electron chi connectivity index (χ2n) is 10.0. The van der Waals surface area contributed by atoms with E-state index < -0.39 is 0 Å². The molecule has 0 radical (unpaired) electrons. The Labute approximate surface area is 229 Å². The smallest absolute Gasteiger partial charge is 0.226 e. The first-order valence-electron chi connectivity index (χ1n) is 12.9. The Morgan fingerprint density at radius 3 is 2.55 bits per heavy atom. The lowest BCUT2D eigenvalue weighted by molar-refractivity contribution is -0.116. The van der Waals surface area contributed by atoms with Gasteiger partial charge in [0, 0.05) is 42.4 Å². The quantitative estimate of drug-likeness (QED) is 0.286. The fraction of sp³-hybridized carbons (Fsp3) is 0.258. The number of carbonyl (C=O) groups excluding carboxylic acids is 1. The van der Waals surface area contributed by atoms with Gasteiger partial charge in [-0.25, -0.2) is 0 Å². The first kappa shape index (κ1) is 25.7. The molecule has 0 unspecified atom stereocenters. The number of aryl methyl sites for hydroxylation is 4. The van der Waals surface area contributed by atoms with Crippen molar-refractivity contribution in [2.75, 3.05) is 11.9 Å². The van der Waals surface area contributed by atoms with Crippen LogP contribution < -0.4 is 10.6 Å². The van der Waals surface area contributed by atoms with Gasteiger partial charge in [-0.15, -0.1) is 0 Å². The molecule has 1 amide bonds. The molecule has 4 aromatic rings. The van der Waals surface area contributed by atoms with E-state index in [0.717, 1.165) is 33.9 Å². The second kappa shape index (κ2) is 10.8. The minimum absolute atomic E-state index is 0.0360. The Hall–Kier alpha value is -3.97. The maximum Gasteiger partial charge on any atom is 0.226 e. The Bertz CT molecular complexity index is 1480. The number of nitrogens with zero attached hydrogens (tertiary/aromatic N) is 3. The summed E-state index contributed by atoms with van der Waals surface area (Å²) in [5, 5.41) is 7.21. The summed E-state index contributed by atoms with van der Waals surface area (Å²) in [6, 6.07) is 22.4. The van der Waals surface area contributed by atoms with E-state index in [1.807, 2.05) is 50.2 Å². The van der Waals surface area contributed by atoms with E-state index in [-0.39, 0.29) is 18.0 Å². The van der Waals surface area contributed by atoms with Gasteiger partial charge < -0.3 is 20.1 Å². The molecular weight excluding hydrogens is 490 g/mol. The average molecular weight is 524 g/mol. The number of amides is 1. The molecule has 2 aromatic heterocycles. The highest BCUT2D eigenvalue weighted by atomic mass is 32.1. The number of anilines is 1. The first-order valence-corrected chi connectivity index (χ1v) is 13.3. The van der Waals surface area contributed by atoms with E-state index in [1.54, 1.807) is 6.20 Å². The van der Waals surface area contributed by atoms with Crippen LogP contribution in [0.3, 0.4) is 0 Å². The van der Waals surface area contributed by atoms with Crippen molar-refractivity contribution in [2.45, 2.75) is 46.2 Å². The minimum Gasteiger partial charge on any atom is -0.352 e. The van der Waals surface area contributed by atoms with Gasteiger partial charge in [-0.2, -0.15) is 0 Å². The summed E-state index contributed by atoms with van der Waals surface area (Å²) in [6.07, 6.45) is 4.20. The molecule has 3 heterocycles. The van der Waals surface area contributed by atoms with E-state index in [2.05, 4.69) is 75.5 Å². The predicted molar refractivity (Wildman–Crippen MR) is 157 cm³/mol. The number of aromatic nitrogens is 2. The summed E-state index contributed by atoms with van der Waals surface area (Å²) < 4.78 is 2.21. The highest BCUT2D eigenvalue weighted by Gasteiger charge is 2.41. The van der Waals surface area contributed by atoms with E-state index in [1.165, 1.54) is 11.1 Å². The molecule has 7 heteroatoms. The van der Waals surface area contributed by atoms with Gasteiger partial charge in [-0.3, -0.25) is 9.78 Å². The van der Waals surface area contributed by atoms with Crippen LogP contribution in [0.25, 0.3) is 5.69 Å². The van der Waals surface area contributed by atoms with Crippen LogP contribution in [0.2, 0.25) is 0 Å². The molecule has 0 spiro atoms. The lowest BCUT2D eigenvalue weighted by atomic mass is 10.0. The average Bonchev–Trinajstić information content (AvgIpc) is 3.51. The molecule has 0 bridgehead atoms. The van der Waals surface area contributed by atoms with Gasteiger partial charge >= 0.3 is 0 Å². The minimum atomic E-state index is -0.147. The summed E-state index contributed by atoms with van der Waals surface area (Å²) in [4.78, 5) is 19.8. The third-order valence-electron chi connectivity index (χ3n) is 7.30. The Balaban J connectivity index is 1.45. The SMILES string of the molecule is Cc1ccc(C)c(NC(=O)CCN2C(=S)N[C@H](c3ccccn3)[C@@H]2c2cccn2-c2ccc(C)c(C)c2)c1. The number of nitrogens with one attached hydrogen (secondary N) is 2. The molecule has 2 atom stereocenters. The van der Waals surface area contributed by atoms with Crippen LogP contribution in [0, 0.1) is 27.7 Å². The number of pyridine rings is 1. The van der Waals surface area contributed by atoms with Gasteiger partial charge in [0.1, 0.15) is 0 Å². The van der Waals surface area contributed by atoms with Crippen molar-refractivity contribution in [3.05, 3.63) is 113 Å². The standard InChI is InChI=1S/C31H33N5OS/c1-20-10-11-22(3)26(18-20)33-28(37)14-17-36-30(29(34-31(36)38)25-8-5-6-15-32-25)27-9-7-16-35(27)24-13-12-21(2)23(4)19-24/h5-13,15-16,18-19,29-30H,14,17H2,1-4H3,(H,33,37)(H,34,38)/t29-,30+/m1/s1. The molecule has 194 valence electrons. The van der Waals surface area contributed by atoms with E-state index in [4.69, 9.17) is 12.2 Å². The molecule has 38 heavy (non-hydrogen) atoms. The zero-order chi connectivity index (χ0) is 26.8. The molecule has 0 aliphatic carbocycles. The maximum atomic E-state index is 13.0. The van der Waals surface area contributed by atoms with Crippen LogP contribution in [0.4, 0.5) is 5.69 Å². The van der Waals surface area contributed by atoms with Crippen molar-refractivity contribution < 1.29 is 4.79 Å². The lowest BCUT2D eigenvalue weighted by Gasteiger charge is -2.29. The van der Waals surface area contributed by atoms with Crippen molar-refractivity contribution in [1.82, 2.24) is 19.8 Å². The fourth-order valence-electron chi connectivity index (χ4n) is 5.02. The number of thiocarbonyl (C=S) groups is 1. The van der Waals surface area contributed by atoms with E-state index >= 15 is 0 Å². The summed E-state index contributed by atoms with van der Waals surface area (Å²) in [7, 11) is 0. The van der Waals surface area contributed by atoms with Crippen molar-refractivity contribution in [3.63, 3.8) is 0 Å². The van der Waals surface area contributed by atoms with E-state index in [0.29, 0.717) is 18.1 Å². The first-order chi connectivity index (χ1) is 18.3. The maximum absolute atomic E-state index is 13.0. The van der Waals surface area contributed by atoms with Gasteiger partial charge in [-0.05, 0) is 105 Å². The zero-order valence-corrected chi connectivity index (χ0v) is 23.0. The van der Waals surface area contributed by atoms with Crippen LogP contribution in [0.5, 0.6) is 0 Å². The number of benzene rings is 2. The molecule has 5 rings (SSSR count). The van der Waals surface area contributed by atoms with Crippen molar-refractivity contribution in [1.29, 1.82) is 0 Å². The van der Waals surface area contributed by atoms with Crippen LogP contribution >= 0.6 is 12.2 Å². The normalized spacial score (nSPS) is 16.9. The summed E-state index contributed by atoms with van der Waals surface area (Å²) >= 11 is 5.83. The monoisotopic (exact) mass is 523 g/mol. The largest absolute Gasteiger partial charge is 0.352 e. The topological polar surface area (TPSA) is 62.2 Å². The van der Waals surface area contributed by atoms with Gasteiger partial charge in [-0.1, -0.05) is 24.3 Å². The van der Waals surface area contributed by atoms with Crippen LogP contribution in [-0.2, 0) is 4.79 Å². The molecule has 1 saturated heterocycles. The number of rotatable bonds is 7. The lowest BCUT2D eigenvalue weighted by Crippen LogP contribution is -2.33. The second-order valence-corrected chi connectivity index (χ2v) is 10.4. The molecule has 1 fully saturated rings. The van der Waals surface area contributed by atoms with Crippen LogP contribution in [0.1, 0.15) is 52.1 Å². The Kier molecular flexibility index (Phi) is 7.29. The highest BCUT2D eigenvalue weighted by Crippen LogP contribution is 2.39. The molecular formula is C31H33N5OS. The molecule has 2 N–H and O–H groups in total. The third-order valence-corrected chi connectivity index (χ3v) is 7.65. The number of hydrogen-bond donors (Lipinski definition) is 2. The third kappa shape index (κ3) is 5.20. The van der Waals surface area contributed by atoms with Crippen LogP contribution in [0.15, 0.2) is 79.1 Å². The predicted octanol–water partition coefficient (Wildman–Crippen LogP) is 6.11. The summed E-state index contributed by atoms with van der Waals surface area (Å²) in [6.45, 7) is 8.76. The van der Waals surface area contributed by atoms with Gasteiger partial charge in [0.05, 0.1) is 17.8 Å². The van der Waals surface area contributed by atoms with Crippen molar-refractivity contribution in [3.8, 4) is 5.69 Å². The van der Waals surface area contributed by atoms with Crippen LogP contribution in [-0.4, -0.2) is 32.0 Å². The number of carbonyl (C=O) groups is 1.